The summed E-state index contributed by atoms with van der Waals surface area (Å²) in [4.78, 5) is 15.2. The van der Waals surface area contributed by atoms with Gasteiger partial charge in [0.15, 0.2) is 0 Å². The van der Waals surface area contributed by atoms with Crippen LogP contribution in [0.5, 0.6) is 0 Å². The van der Waals surface area contributed by atoms with Crippen molar-refractivity contribution in [2.24, 2.45) is 0 Å². The van der Waals surface area contributed by atoms with E-state index in [1.807, 2.05) is 0 Å². The summed E-state index contributed by atoms with van der Waals surface area (Å²) in [7, 11) is 0. The highest BCUT2D eigenvalue weighted by atomic mass is 35.5. The number of nitrogens with zero attached hydrogens (tertiary/aromatic N) is 3. The molecule has 4 nitrogen and oxygen atoms in total. The first-order valence-corrected chi connectivity index (χ1v) is 5.60. The summed E-state index contributed by atoms with van der Waals surface area (Å²) in [6.07, 6.45) is -3.39. The number of pyridine rings is 1. The number of aromatic nitrogens is 3. The first-order valence-electron chi connectivity index (χ1n) is 4.45. The van der Waals surface area contributed by atoms with Crippen molar-refractivity contribution in [3.63, 3.8) is 0 Å². The van der Waals surface area contributed by atoms with Gasteiger partial charge in [0.2, 0.25) is 5.78 Å². The van der Waals surface area contributed by atoms with Crippen molar-refractivity contribution in [3.05, 3.63) is 39.6 Å². The van der Waals surface area contributed by atoms with E-state index in [0.717, 1.165) is 17.6 Å². The number of ketones is 1. The van der Waals surface area contributed by atoms with Crippen molar-refractivity contribution < 1.29 is 18.0 Å². The zero-order chi connectivity index (χ0) is 13.3. The van der Waals surface area contributed by atoms with Crippen LogP contribution in [0, 0.1) is 0 Å². The molecule has 2 aromatic rings. The predicted molar refractivity (Wildman–Crippen MR) is 57.6 cm³/mol. The quantitative estimate of drug-likeness (QED) is 0.631. The molecule has 9 heteroatoms. The lowest BCUT2D eigenvalue weighted by atomic mass is 10.1. The number of alkyl halides is 3. The minimum absolute atomic E-state index is 0.115. The van der Waals surface area contributed by atoms with Gasteiger partial charge in [0.05, 0.1) is 11.8 Å². The third-order valence-corrected chi connectivity index (χ3v) is 2.92. The van der Waals surface area contributed by atoms with Crippen LogP contribution < -0.4 is 0 Å². The molecule has 2 rings (SSSR count). The van der Waals surface area contributed by atoms with Gasteiger partial charge in [-0.05, 0) is 23.7 Å². The maximum absolute atomic E-state index is 12.4. The number of carbonyl (C=O) groups is 1. The van der Waals surface area contributed by atoms with Crippen LogP contribution in [0.1, 0.15) is 20.9 Å². The Morgan fingerprint density at radius 1 is 1.33 bits per heavy atom. The fourth-order valence-corrected chi connectivity index (χ4v) is 1.87. The predicted octanol–water partition coefficient (Wildman–Crippen LogP) is 2.84. The van der Waals surface area contributed by atoms with Crippen molar-refractivity contribution >= 4 is 28.9 Å². The van der Waals surface area contributed by atoms with Crippen LogP contribution in [0.25, 0.3) is 0 Å². The molecule has 0 bridgehead atoms. The molecular weight excluding hydrogens is 291 g/mol. The Labute approximate surface area is 108 Å². The highest BCUT2D eigenvalue weighted by Crippen LogP contribution is 2.30. The summed E-state index contributed by atoms with van der Waals surface area (Å²) >= 11 is 6.40. The second-order valence-corrected chi connectivity index (χ2v) is 4.29. The van der Waals surface area contributed by atoms with Gasteiger partial charge in [0.25, 0.3) is 0 Å². The van der Waals surface area contributed by atoms with E-state index in [0.29, 0.717) is 6.07 Å². The fraction of sp³-hybridized carbons (Fsp3) is 0.111. The van der Waals surface area contributed by atoms with E-state index in [1.165, 1.54) is 6.20 Å². The first-order chi connectivity index (χ1) is 8.39. The number of carbonyl (C=O) groups excluding carboxylic acids is 1. The Bertz CT molecular complexity index is 585. The van der Waals surface area contributed by atoms with E-state index in [-0.39, 0.29) is 10.4 Å². The summed E-state index contributed by atoms with van der Waals surface area (Å²) in [5.41, 5.74) is -1.26. The van der Waals surface area contributed by atoms with Crippen LogP contribution in [0.2, 0.25) is 5.15 Å². The molecule has 0 saturated heterocycles. The van der Waals surface area contributed by atoms with Crippen molar-refractivity contribution in [2.75, 3.05) is 0 Å². The van der Waals surface area contributed by atoms with Crippen molar-refractivity contribution in [1.82, 2.24) is 14.6 Å². The van der Waals surface area contributed by atoms with Gasteiger partial charge in [-0.2, -0.15) is 13.2 Å². The molecule has 0 aliphatic carbocycles. The number of rotatable bonds is 2. The lowest BCUT2D eigenvalue weighted by molar-refractivity contribution is -0.141. The summed E-state index contributed by atoms with van der Waals surface area (Å²) in [5, 5.41) is 2.96. The topological polar surface area (TPSA) is 55.7 Å². The molecule has 0 atom stereocenters. The van der Waals surface area contributed by atoms with Gasteiger partial charge >= 0.3 is 6.18 Å². The zero-order valence-electron chi connectivity index (χ0n) is 8.40. The molecule has 94 valence electrons. The molecule has 0 aliphatic rings. The third-order valence-electron chi connectivity index (χ3n) is 1.97. The van der Waals surface area contributed by atoms with Crippen LogP contribution in [-0.2, 0) is 6.18 Å². The van der Waals surface area contributed by atoms with Gasteiger partial charge in [-0.25, -0.2) is 4.98 Å². The van der Waals surface area contributed by atoms with Crippen LogP contribution in [0.3, 0.4) is 0 Å². The smallest absolute Gasteiger partial charge is 0.287 e. The molecule has 0 fully saturated rings. The van der Waals surface area contributed by atoms with Crippen LogP contribution in [0.15, 0.2) is 18.3 Å². The molecule has 0 aromatic carbocycles. The molecule has 2 aromatic heterocycles. The molecular formula is C9H3ClF3N3OS. The van der Waals surface area contributed by atoms with Gasteiger partial charge in [-0.3, -0.25) is 4.79 Å². The van der Waals surface area contributed by atoms with Crippen molar-refractivity contribution in [1.29, 1.82) is 0 Å². The van der Waals surface area contributed by atoms with E-state index < -0.39 is 22.8 Å². The lowest BCUT2D eigenvalue weighted by Gasteiger charge is -2.07. The average Bonchev–Trinajstić information content (AvgIpc) is 2.80. The molecule has 0 N–H and O–H groups in total. The Morgan fingerprint density at radius 3 is 2.56 bits per heavy atom. The summed E-state index contributed by atoms with van der Waals surface area (Å²) < 4.78 is 40.5. The van der Waals surface area contributed by atoms with Gasteiger partial charge in [0.1, 0.15) is 15.7 Å². The molecule has 0 aliphatic heterocycles. The minimum atomic E-state index is -4.60. The summed E-state index contributed by atoms with van der Waals surface area (Å²) in [6, 6.07) is 1.69. The lowest BCUT2D eigenvalue weighted by Crippen LogP contribution is -2.10. The largest absolute Gasteiger partial charge is 0.433 e. The molecule has 0 amide bonds. The van der Waals surface area contributed by atoms with E-state index in [9.17, 15) is 18.0 Å². The van der Waals surface area contributed by atoms with Crippen LogP contribution >= 0.6 is 23.1 Å². The van der Waals surface area contributed by atoms with Crippen LogP contribution in [-0.4, -0.2) is 20.4 Å². The van der Waals surface area contributed by atoms with Gasteiger partial charge in [0, 0.05) is 0 Å². The third kappa shape index (κ3) is 2.49. The summed E-state index contributed by atoms with van der Waals surface area (Å²) in [6.45, 7) is 0. The van der Waals surface area contributed by atoms with Crippen molar-refractivity contribution in [3.8, 4) is 0 Å². The SMILES string of the molecule is O=C(c1cnns1)c1ccc(C(F)(F)F)nc1Cl. The Kier molecular flexibility index (Phi) is 3.31. The van der Waals surface area contributed by atoms with E-state index in [2.05, 4.69) is 14.6 Å². The Balaban J connectivity index is 2.40. The number of halogens is 4. The highest BCUT2D eigenvalue weighted by molar-refractivity contribution is 7.08. The van der Waals surface area contributed by atoms with Crippen molar-refractivity contribution in [2.45, 2.75) is 6.18 Å². The molecule has 0 spiro atoms. The van der Waals surface area contributed by atoms with E-state index >= 15 is 0 Å². The Morgan fingerprint density at radius 2 is 2.06 bits per heavy atom. The first kappa shape index (κ1) is 12.9. The molecule has 18 heavy (non-hydrogen) atoms. The maximum atomic E-state index is 12.4. The van der Waals surface area contributed by atoms with Gasteiger partial charge in [-0.1, -0.05) is 16.1 Å². The molecule has 0 radical (unpaired) electrons. The number of hydrogen-bond donors (Lipinski definition) is 0. The standard InChI is InChI=1S/C9H3ClF3N3OS/c10-8-4(7(17)5-3-14-16-18-5)1-2-6(15-8)9(11,12)13/h1-3H. The molecule has 0 saturated carbocycles. The second-order valence-electron chi connectivity index (χ2n) is 3.14. The molecule has 0 unspecified atom stereocenters. The fourth-order valence-electron chi connectivity index (χ4n) is 1.16. The average molecular weight is 294 g/mol. The zero-order valence-corrected chi connectivity index (χ0v) is 9.97. The Hall–Kier alpha value is -1.54. The minimum Gasteiger partial charge on any atom is -0.287 e. The van der Waals surface area contributed by atoms with Crippen LogP contribution in [0.4, 0.5) is 13.2 Å². The highest BCUT2D eigenvalue weighted by Gasteiger charge is 2.33. The summed E-state index contributed by atoms with van der Waals surface area (Å²) in [5.74, 6) is -0.559. The molecule has 2 heterocycles. The monoisotopic (exact) mass is 293 g/mol. The van der Waals surface area contributed by atoms with E-state index in [1.54, 1.807) is 0 Å². The number of hydrogen-bond acceptors (Lipinski definition) is 5. The second kappa shape index (κ2) is 4.62. The van der Waals surface area contributed by atoms with E-state index in [4.69, 9.17) is 11.6 Å². The maximum Gasteiger partial charge on any atom is 0.433 e. The normalized spacial score (nSPS) is 11.6. The van der Waals surface area contributed by atoms with Gasteiger partial charge < -0.3 is 0 Å². The van der Waals surface area contributed by atoms with Gasteiger partial charge in [-0.15, -0.1) is 5.10 Å².